The fourth-order valence-corrected chi connectivity index (χ4v) is 3.59. The largest absolute Gasteiger partial charge is 0.311 e. The minimum atomic E-state index is 0.826. The zero-order chi connectivity index (χ0) is 10.3. The molecule has 3 atom stereocenters. The van der Waals surface area contributed by atoms with Gasteiger partial charge in [-0.2, -0.15) is 0 Å². The fraction of sp³-hybridized carbons (Fsp3) is 1.00. The van der Waals surface area contributed by atoms with Gasteiger partial charge in [0, 0.05) is 31.7 Å². The van der Waals surface area contributed by atoms with Crippen LogP contribution in [0.5, 0.6) is 0 Å². The van der Waals surface area contributed by atoms with Crippen molar-refractivity contribution in [3.63, 3.8) is 0 Å². The maximum atomic E-state index is 3.71. The van der Waals surface area contributed by atoms with Crippen molar-refractivity contribution in [2.24, 2.45) is 11.8 Å². The van der Waals surface area contributed by atoms with E-state index in [0.29, 0.717) is 0 Å². The minimum absolute atomic E-state index is 0.826. The Morgan fingerprint density at radius 3 is 2.67 bits per heavy atom. The van der Waals surface area contributed by atoms with E-state index in [9.17, 15) is 0 Å². The molecule has 1 saturated heterocycles. The highest BCUT2D eigenvalue weighted by Crippen LogP contribution is 2.36. The summed E-state index contributed by atoms with van der Waals surface area (Å²) in [5, 5.41) is 3.71. The number of nitrogens with zero attached hydrogens (tertiary/aromatic N) is 1. The molecule has 0 aromatic carbocycles. The number of nitrogens with one attached hydrogen (secondary N) is 1. The molecular weight excluding hydrogens is 184 g/mol. The molecule has 3 aliphatic rings. The predicted octanol–water partition coefficient (Wildman–Crippen LogP) is 1.86. The van der Waals surface area contributed by atoms with Gasteiger partial charge in [-0.3, -0.25) is 4.90 Å². The molecule has 1 heterocycles. The molecule has 15 heavy (non-hydrogen) atoms. The average Bonchev–Trinajstić information content (AvgIpc) is 3.02. The van der Waals surface area contributed by atoms with Crippen LogP contribution in [0.3, 0.4) is 0 Å². The van der Waals surface area contributed by atoms with Gasteiger partial charge in [0.15, 0.2) is 0 Å². The van der Waals surface area contributed by atoms with Crippen LogP contribution in [0.4, 0.5) is 0 Å². The van der Waals surface area contributed by atoms with E-state index in [1.54, 1.807) is 0 Å². The van der Waals surface area contributed by atoms with Gasteiger partial charge in [0.25, 0.3) is 0 Å². The molecule has 2 aliphatic carbocycles. The van der Waals surface area contributed by atoms with Crippen LogP contribution < -0.4 is 5.32 Å². The average molecular weight is 208 g/mol. The molecule has 2 saturated carbocycles. The summed E-state index contributed by atoms with van der Waals surface area (Å²) >= 11 is 0. The van der Waals surface area contributed by atoms with Gasteiger partial charge in [-0.1, -0.05) is 13.3 Å². The SMILES string of the molecule is CC1CCCC1N1CCNC(C2CC2)C1. The van der Waals surface area contributed by atoms with E-state index in [-0.39, 0.29) is 0 Å². The lowest BCUT2D eigenvalue weighted by molar-refractivity contribution is 0.115. The molecule has 3 fully saturated rings. The van der Waals surface area contributed by atoms with E-state index in [4.69, 9.17) is 0 Å². The first kappa shape index (κ1) is 10.1. The lowest BCUT2D eigenvalue weighted by Crippen LogP contribution is -2.55. The van der Waals surface area contributed by atoms with Crippen molar-refractivity contribution in [1.29, 1.82) is 0 Å². The molecule has 0 bridgehead atoms. The van der Waals surface area contributed by atoms with Gasteiger partial charge in [-0.25, -0.2) is 0 Å². The Morgan fingerprint density at radius 1 is 1.13 bits per heavy atom. The Balaban J connectivity index is 1.60. The van der Waals surface area contributed by atoms with E-state index < -0.39 is 0 Å². The molecule has 1 N–H and O–H groups in total. The molecule has 0 amide bonds. The van der Waals surface area contributed by atoms with Gasteiger partial charge < -0.3 is 5.32 Å². The molecular formula is C13H24N2. The third-order valence-electron chi connectivity index (χ3n) is 4.71. The third-order valence-corrected chi connectivity index (χ3v) is 4.71. The quantitative estimate of drug-likeness (QED) is 0.745. The zero-order valence-corrected chi connectivity index (χ0v) is 9.91. The highest BCUT2D eigenvalue weighted by Gasteiger charge is 2.37. The van der Waals surface area contributed by atoms with Gasteiger partial charge >= 0.3 is 0 Å². The normalized spacial score (nSPS) is 43.4. The maximum Gasteiger partial charge on any atom is 0.0223 e. The van der Waals surface area contributed by atoms with Crippen molar-refractivity contribution in [1.82, 2.24) is 10.2 Å². The highest BCUT2D eigenvalue weighted by atomic mass is 15.2. The van der Waals surface area contributed by atoms with E-state index in [1.165, 1.54) is 51.7 Å². The first-order valence-corrected chi connectivity index (χ1v) is 6.82. The van der Waals surface area contributed by atoms with Crippen molar-refractivity contribution in [2.75, 3.05) is 19.6 Å². The summed E-state index contributed by atoms with van der Waals surface area (Å²) in [5.41, 5.74) is 0. The van der Waals surface area contributed by atoms with Gasteiger partial charge in [0.2, 0.25) is 0 Å². The molecule has 1 aliphatic heterocycles. The molecule has 0 aromatic rings. The second kappa shape index (κ2) is 4.06. The highest BCUT2D eigenvalue weighted by molar-refractivity contribution is 4.94. The summed E-state index contributed by atoms with van der Waals surface area (Å²) < 4.78 is 0. The van der Waals surface area contributed by atoms with Crippen molar-refractivity contribution >= 4 is 0 Å². The van der Waals surface area contributed by atoms with Crippen LogP contribution in [0.15, 0.2) is 0 Å². The summed E-state index contributed by atoms with van der Waals surface area (Å²) in [6, 6.07) is 1.74. The summed E-state index contributed by atoms with van der Waals surface area (Å²) in [6.45, 7) is 6.30. The predicted molar refractivity (Wildman–Crippen MR) is 62.9 cm³/mol. The topological polar surface area (TPSA) is 15.3 Å². The Kier molecular flexibility index (Phi) is 2.73. The number of rotatable bonds is 2. The molecule has 2 nitrogen and oxygen atoms in total. The lowest BCUT2D eigenvalue weighted by atomic mass is 10.0. The molecule has 0 spiro atoms. The number of piperazine rings is 1. The minimum Gasteiger partial charge on any atom is -0.311 e. The summed E-state index contributed by atoms with van der Waals surface area (Å²) in [6.07, 6.45) is 7.34. The van der Waals surface area contributed by atoms with Crippen molar-refractivity contribution in [3.8, 4) is 0 Å². The van der Waals surface area contributed by atoms with Crippen LogP contribution in [0.2, 0.25) is 0 Å². The summed E-state index contributed by atoms with van der Waals surface area (Å²) in [7, 11) is 0. The first-order chi connectivity index (χ1) is 7.34. The van der Waals surface area contributed by atoms with Gasteiger partial charge in [-0.15, -0.1) is 0 Å². The van der Waals surface area contributed by atoms with Crippen LogP contribution in [0, 0.1) is 11.8 Å². The summed E-state index contributed by atoms with van der Waals surface area (Å²) in [4.78, 5) is 2.79. The van der Waals surface area contributed by atoms with E-state index in [2.05, 4.69) is 17.1 Å². The van der Waals surface area contributed by atoms with Crippen LogP contribution in [0.25, 0.3) is 0 Å². The Bertz CT molecular complexity index is 225. The van der Waals surface area contributed by atoms with E-state index >= 15 is 0 Å². The van der Waals surface area contributed by atoms with Gasteiger partial charge in [0.1, 0.15) is 0 Å². The first-order valence-electron chi connectivity index (χ1n) is 6.82. The monoisotopic (exact) mass is 208 g/mol. The van der Waals surface area contributed by atoms with Gasteiger partial charge in [0.05, 0.1) is 0 Å². The van der Waals surface area contributed by atoms with Crippen molar-refractivity contribution < 1.29 is 0 Å². The smallest absolute Gasteiger partial charge is 0.0223 e. The van der Waals surface area contributed by atoms with E-state index in [1.807, 2.05) is 0 Å². The second-order valence-corrected chi connectivity index (χ2v) is 5.87. The van der Waals surface area contributed by atoms with Crippen LogP contribution >= 0.6 is 0 Å². The summed E-state index contributed by atoms with van der Waals surface area (Å²) in [5.74, 6) is 1.97. The van der Waals surface area contributed by atoms with Crippen LogP contribution in [-0.2, 0) is 0 Å². The van der Waals surface area contributed by atoms with Crippen LogP contribution in [-0.4, -0.2) is 36.6 Å². The van der Waals surface area contributed by atoms with Gasteiger partial charge in [-0.05, 0) is 37.5 Å². The standard InChI is InChI=1S/C13H24N2/c1-10-3-2-4-13(10)15-8-7-14-12(9-15)11-5-6-11/h10-14H,2-9H2,1H3. The zero-order valence-electron chi connectivity index (χ0n) is 9.91. The number of hydrogen-bond acceptors (Lipinski definition) is 2. The van der Waals surface area contributed by atoms with E-state index in [0.717, 1.165) is 23.9 Å². The third kappa shape index (κ3) is 2.07. The Labute approximate surface area is 93.4 Å². The number of hydrogen-bond donors (Lipinski definition) is 1. The Morgan fingerprint density at radius 2 is 2.00 bits per heavy atom. The molecule has 0 aromatic heterocycles. The molecule has 3 unspecified atom stereocenters. The molecule has 3 rings (SSSR count). The second-order valence-electron chi connectivity index (χ2n) is 5.87. The maximum absolute atomic E-state index is 3.71. The molecule has 2 heteroatoms. The fourth-order valence-electron chi connectivity index (χ4n) is 3.59. The lowest BCUT2D eigenvalue weighted by Gasteiger charge is -2.39. The van der Waals surface area contributed by atoms with Crippen molar-refractivity contribution in [3.05, 3.63) is 0 Å². The molecule has 0 radical (unpaired) electrons. The molecule has 86 valence electrons. The van der Waals surface area contributed by atoms with Crippen LogP contribution in [0.1, 0.15) is 39.0 Å². The Hall–Kier alpha value is -0.0800. The van der Waals surface area contributed by atoms with Crippen molar-refractivity contribution in [2.45, 2.75) is 51.1 Å².